The van der Waals surface area contributed by atoms with Crippen LogP contribution < -0.4 is 16.4 Å². The Morgan fingerprint density at radius 3 is 2.23 bits per heavy atom. The Kier molecular flexibility index (Phi) is 8.72. The maximum Gasteiger partial charge on any atom is 0.243 e. The van der Waals surface area contributed by atoms with Crippen molar-refractivity contribution >= 4 is 41.1 Å². The number of fused-ring (bicyclic) bond motifs is 1. The monoisotopic (exact) mass is 429 g/mol. The van der Waals surface area contributed by atoms with E-state index < -0.39 is 23.9 Å². The molecule has 162 valence electrons. The zero-order valence-corrected chi connectivity index (χ0v) is 18.6. The summed E-state index contributed by atoms with van der Waals surface area (Å²) in [5.41, 5.74) is 6.18. The van der Waals surface area contributed by atoms with Gasteiger partial charge in [0.05, 0.1) is 0 Å². The predicted octanol–water partition coefficient (Wildman–Crippen LogP) is 2.45. The number of thiol groups is 1. The van der Waals surface area contributed by atoms with Gasteiger partial charge in [0.25, 0.3) is 0 Å². The summed E-state index contributed by atoms with van der Waals surface area (Å²) in [7, 11) is 0. The van der Waals surface area contributed by atoms with E-state index in [1.807, 2.05) is 56.3 Å². The molecule has 0 saturated carbocycles. The van der Waals surface area contributed by atoms with E-state index in [2.05, 4.69) is 23.3 Å². The minimum atomic E-state index is -0.829. The first kappa shape index (κ1) is 23.7. The number of carbonyl (C=O) groups is 3. The molecular formula is C23H31N3O3S. The Balaban J connectivity index is 2.23. The Morgan fingerprint density at radius 1 is 0.967 bits per heavy atom. The molecule has 3 amide bonds. The lowest BCUT2D eigenvalue weighted by atomic mass is 9.96. The molecule has 0 aliphatic rings. The first-order valence-electron chi connectivity index (χ1n) is 10.2. The highest BCUT2D eigenvalue weighted by atomic mass is 32.1. The largest absolute Gasteiger partial charge is 0.368 e. The molecule has 4 N–H and O–H groups in total. The highest BCUT2D eigenvalue weighted by Crippen LogP contribution is 2.18. The van der Waals surface area contributed by atoms with Crippen LogP contribution in [0.2, 0.25) is 0 Å². The fourth-order valence-electron chi connectivity index (χ4n) is 3.32. The third-order valence-electron chi connectivity index (χ3n) is 5.02. The molecule has 3 atom stereocenters. The number of rotatable bonds is 10. The number of primary amides is 1. The van der Waals surface area contributed by atoms with Crippen LogP contribution in [0.5, 0.6) is 0 Å². The van der Waals surface area contributed by atoms with Gasteiger partial charge in [-0.05, 0) is 35.6 Å². The summed E-state index contributed by atoms with van der Waals surface area (Å²) in [6.07, 6.45) is 0.978. The second-order valence-electron chi connectivity index (χ2n) is 8.09. The second-order valence-corrected chi connectivity index (χ2v) is 8.45. The van der Waals surface area contributed by atoms with E-state index in [1.165, 1.54) is 6.92 Å². The molecule has 0 bridgehead atoms. The van der Waals surface area contributed by atoms with Gasteiger partial charge in [0, 0.05) is 18.1 Å². The van der Waals surface area contributed by atoms with Crippen LogP contribution in [0.3, 0.4) is 0 Å². The van der Waals surface area contributed by atoms with Gasteiger partial charge in [0.15, 0.2) is 0 Å². The number of hydrogen-bond acceptors (Lipinski definition) is 4. The van der Waals surface area contributed by atoms with Gasteiger partial charge in [-0.25, -0.2) is 0 Å². The maximum atomic E-state index is 12.8. The lowest BCUT2D eigenvalue weighted by Gasteiger charge is -2.24. The fourth-order valence-corrected chi connectivity index (χ4v) is 3.63. The highest BCUT2D eigenvalue weighted by Gasteiger charge is 2.27. The van der Waals surface area contributed by atoms with Gasteiger partial charge >= 0.3 is 0 Å². The quantitative estimate of drug-likeness (QED) is 0.436. The lowest BCUT2D eigenvalue weighted by molar-refractivity contribution is -0.132. The van der Waals surface area contributed by atoms with Crippen molar-refractivity contribution in [3.63, 3.8) is 0 Å². The summed E-state index contributed by atoms with van der Waals surface area (Å²) in [5, 5.41) is 7.61. The molecule has 1 unspecified atom stereocenters. The standard InChI is InChI=1S/C23H31N3O3S/c1-14(2)10-19(13-30)22(28)26-20(23(29)25-15(3)21(24)27)12-16-8-9-17-6-4-5-7-18(17)11-16/h4-9,11,14-15,19-20,30H,10,12-13H2,1-3H3,(H2,24,27)(H,25,29)(H,26,28)/t15-,19?,20-/m0/s1. The lowest BCUT2D eigenvalue weighted by Crippen LogP contribution is -2.53. The Labute approximate surface area is 183 Å². The molecule has 7 heteroatoms. The third-order valence-corrected chi connectivity index (χ3v) is 5.46. The number of nitrogens with one attached hydrogen (secondary N) is 2. The summed E-state index contributed by atoms with van der Waals surface area (Å²) in [5.74, 6) is -0.861. The molecule has 0 aliphatic heterocycles. The van der Waals surface area contributed by atoms with Crippen molar-refractivity contribution in [2.45, 2.75) is 45.7 Å². The molecule has 0 spiro atoms. The smallest absolute Gasteiger partial charge is 0.243 e. The van der Waals surface area contributed by atoms with E-state index >= 15 is 0 Å². The Bertz CT molecular complexity index is 900. The number of carbonyl (C=O) groups excluding carboxylic acids is 3. The van der Waals surface area contributed by atoms with Crippen molar-refractivity contribution in [3.05, 3.63) is 48.0 Å². The van der Waals surface area contributed by atoms with Crippen LogP contribution >= 0.6 is 12.6 Å². The van der Waals surface area contributed by atoms with Crippen LogP contribution in [0, 0.1) is 11.8 Å². The molecule has 0 aliphatic carbocycles. The van der Waals surface area contributed by atoms with Crippen molar-refractivity contribution in [3.8, 4) is 0 Å². The minimum absolute atomic E-state index is 0.216. The molecule has 2 rings (SSSR count). The highest BCUT2D eigenvalue weighted by molar-refractivity contribution is 7.80. The number of nitrogens with two attached hydrogens (primary N) is 1. The van der Waals surface area contributed by atoms with Gasteiger partial charge in [0.2, 0.25) is 17.7 Å². The predicted molar refractivity (Wildman–Crippen MR) is 123 cm³/mol. The normalized spacial score (nSPS) is 14.2. The molecule has 6 nitrogen and oxygen atoms in total. The summed E-state index contributed by atoms with van der Waals surface area (Å²) in [6.45, 7) is 5.60. The first-order chi connectivity index (χ1) is 14.2. The maximum absolute atomic E-state index is 12.8. The van der Waals surface area contributed by atoms with Gasteiger partial charge in [-0.3, -0.25) is 14.4 Å². The van der Waals surface area contributed by atoms with Crippen molar-refractivity contribution in [2.75, 3.05) is 5.75 Å². The Morgan fingerprint density at radius 2 is 1.63 bits per heavy atom. The summed E-state index contributed by atoms with van der Waals surface area (Å²) in [6, 6.07) is 12.2. The van der Waals surface area contributed by atoms with Crippen LogP contribution in [0.15, 0.2) is 42.5 Å². The molecule has 0 aromatic heterocycles. The molecule has 30 heavy (non-hydrogen) atoms. The van der Waals surface area contributed by atoms with Crippen molar-refractivity contribution < 1.29 is 14.4 Å². The van der Waals surface area contributed by atoms with Crippen molar-refractivity contribution in [1.82, 2.24) is 10.6 Å². The molecule has 2 aromatic carbocycles. The number of benzene rings is 2. The molecule has 0 heterocycles. The SMILES string of the molecule is CC(C)CC(CS)C(=O)N[C@@H](Cc1ccc2ccccc2c1)C(=O)N[C@@H](C)C(N)=O. The van der Waals surface area contributed by atoms with Crippen LogP contribution in [-0.2, 0) is 20.8 Å². The zero-order chi connectivity index (χ0) is 22.3. The number of amides is 3. The average molecular weight is 430 g/mol. The Hall–Kier alpha value is -2.54. The molecular weight excluding hydrogens is 398 g/mol. The molecule has 0 radical (unpaired) electrons. The molecule has 0 saturated heterocycles. The molecule has 2 aromatic rings. The second kappa shape index (κ2) is 11.0. The van der Waals surface area contributed by atoms with Gasteiger partial charge in [-0.15, -0.1) is 0 Å². The van der Waals surface area contributed by atoms with Gasteiger partial charge in [-0.1, -0.05) is 56.3 Å². The van der Waals surface area contributed by atoms with Gasteiger partial charge in [0.1, 0.15) is 12.1 Å². The van der Waals surface area contributed by atoms with E-state index in [-0.39, 0.29) is 11.8 Å². The van der Waals surface area contributed by atoms with Crippen LogP contribution in [-0.4, -0.2) is 35.6 Å². The van der Waals surface area contributed by atoms with Crippen LogP contribution in [0.4, 0.5) is 0 Å². The van der Waals surface area contributed by atoms with Crippen LogP contribution in [0.25, 0.3) is 10.8 Å². The number of hydrogen-bond donors (Lipinski definition) is 4. The van der Waals surface area contributed by atoms with Gasteiger partial charge < -0.3 is 16.4 Å². The van der Waals surface area contributed by atoms with Crippen molar-refractivity contribution in [2.24, 2.45) is 17.6 Å². The van der Waals surface area contributed by atoms with E-state index in [1.54, 1.807) is 0 Å². The summed E-state index contributed by atoms with van der Waals surface area (Å²) < 4.78 is 0. The first-order valence-corrected chi connectivity index (χ1v) is 10.8. The van der Waals surface area contributed by atoms with E-state index in [0.717, 1.165) is 16.3 Å². The summed E-state index contributed by atoms with van der Waals surface area (Å²) >= 11 is 4.30. The van der Waals surface area contributed by atoms with E-state index in [9.17, 15) is 14.4 Å². The summed E-state index contributed by atoms with van der Waals surface area (Å²) in [4.78, 5) is 37.0. The topological polar surface area (TPSA) is 101 Å². The minimum Gasteiger partial charge on any atom is -0.368 e. The van der Waals surface area contributed by atoms with E-state index in [0.29, 0.717) is 24.5 Å². The zero-order valence-electron chi connectivity index (χ0n) is 17.7. The average Bonchev–Trinajstić information content (AvgIpc) is 2.70. The molecule has 0 fully saturated rings. The van der Waals surface area contributed by atoms with Gasteiger partial charge in [-0.2, -0.15) is 12.6 Å². The third kappa shape index (κ3) is 6.76. The van der Waals surface area contributed by atoms with Crippen LogP contribution in [0.1, 0.15) is 32.8 Å². The van der Waals surface area contributed by atoms with E-state index in [4.69, 9.17) is 5.73 Å². The van der Waals surface area contributed by atoms with Crippen molar-refractivity contribution in [1.29, 1.82) is 0 Å². The fraction of sp³-hybridized carbons (Fsp3) is 0.435.